The molecule has 0 amide bonds. The van der Waals surface area contributed by atoms with Crippen molar-refractivity contribution in [2.45, 2.75) is 33.0 Å². The van der Waals surface area contributed by atoms with Gasteiger partial charge in [0.15, 0.2) is 0 Å². The quantitative estimate of drug-likeness (QED) is 0.891. The highest BCUT2D eigenvalue weighted by Gasteiger charge is 2.26. The van der Waals surface area contributed by atoms with Gasteiger partial charge in [-0.25, -0.2) is 13.1 Å². The average Bonchev–Trinajstić information content (AvgIpc) is 2.96. The Labute approximate surface area is 143 Å². The summed E-state index contributed by atoms with van der Waals surface area (Å²) in [4.78, 5) is 2.35. The van der Waals surface area contributed by atoms with Gasteiger partial charge in [-0.2, -0.15) is 5.10 Å². The van der Waals surface area contributed by atoms with Crippen LogP contribution in [0, 0.1) is 13.8 Å². The van der Waals surface area contributed by atoms with Crippen LogP contribution in [0.25, 0.3) is 0 Å². The predicted octanol–water partition coefficient (Wildman–Crippen LogP) is 1.61. The van der Waals surface area contributed by atoms with Crippen LogP contribution in [0.15, 0.2) is 30.5 Å². The number of aromatic nitrogens is 2. The van der Waals surface area contributed by atoms with Gasteiger partial charge in [-0.3, -0.25) is 9.58 Å². The van der Waals surface area contributed by atoms with E-state index >= 15 is 0 Å². The molecule has 1 N–H and O–H groups in total. The molecule has 1 atom stereocenters. The molecule has 0 spiro atoms. The summed E-state index contributed by atoms with van der Waals surface area (Å²) in [7, 11) is -3.21. The molecular formula is C17H24N4O2S. The van der Waals surface area contributed by atoms with Crippen molar-refractivity contribution in [2.75, 3.05) is 19.3 Å². The van der Waals surface area contributed by atoms with E-state index < -0.39 is 10.0 Å². The highest BCUT2D eigenvalue weighted by Crippen LogP contribution is 2.23. The molecule has 1 aliphatic rings. The van der Waals surface area contributed by atoms with Crippen LogP contribution in [0.5, 0.6) is 0 Å². The fourth-order valence-corrected chi connectivity index (χ4v) is 3.69. The van der Waals surface area contributed by atoms with Gasteiger partial charge in [0.2, 0.25) is 10.0 Å². The van der Waals surface area contributed by atoms with Crippen molar-refractivity contribution < 1.29 is 8.42 Å². The first-order valence-electron chi connectivity index (χ1n) is 8.07. The molecule has 24 heavy (non-hydrogen) atoms. The van der Waals surface area contributed by atoms with E-state index in [2.05, 4.69) is 46.8 Å². The Morgan fingerprint density at radius 1 is 1.29 bits per heavy atom. The standard InChI is InChI=1S/C17H24N4O2S/c1-13-4-5-14(2)15(8-13)10-20-11-16-6-7-18-21(16)17(12-20)9-19-24(3,22)23/h4-8,17,19H,9-12H2,1-3H3/t17-/m1/s1. The Bertz CT molecular complexity index is 829. The first-order valence-corrected chi connectivity index (χ1v) is 9.96. The molecule has 1 aliphatic heterocycles. The lowest BCUT2D eigenvalue weighted by molar-refractivity contribution is 0.167. The van der Waals surface area contributed by atoms with Gasteiger partial charge in [-0.1, -0.05) is 23.8 Å². The molecule has 0 saturated heterocycles. The topological polar surface area (TPSA) is 67.2 Å². The summed E-state index contributed by atoms with van der Waals surface area (Å²) in [5, 5.41) is 4.37. The van der Waals surface area contributed by atoms with Gasteiger partial charge in [0.05, 0.1) is 18.0 Å². The molecule has 0 saturated carbocycles. The lowest BCUT2D eigenvalue weighted by Crippen LogP contribution is -2.42. The fraction of sp³-hybridized carbons (Fsp3) is 0.471. The van der Waals surface area contributed by atoms with Gasteiger partial charge in [0, 0.05) is 32.4 Å². The van der Waals surface area contributed by atoms with E-state index in [4.69, 9.17) is 0 Å². The fourth-order valence-electron chi connectivity index (χ4n) is 3.20. The molecule has 3 rings (SSSR count). The summed E-state index contributed by atoms with van der Waals surface area (Å²) >= 11 is 0. The molecule has 2 heterocycles. The monoisotopic (exact) mass is 348 g/mol. The molecule has 1 aromatic carbocycles. The minimum absolute atomic E-state index is 0.00332. The van der Waals surface area contributed by atoms with Gasteiger partial charge < -0.3 is 0 Å². The second-order valence-electron chi connectivity index (χ2n) is 6.64. The minimum Gasteiger partial charge on any atom is -0.291 e. The maximum atomic E-state index is 11.4. The van der Waals surface area contributed by atoms with Crippen LogP contribution in [0.2, 0.25) is 0 Å². The smallest absolute Gasteiger partial charge is 0.208 e. The minimum atomic E-state index is -3.21. The largest absolute Gasteiger partial charge is 0.291 e. The number of aryl methyl sites for hydroxylation is 2. The summed E-state index contributed by atoms with van der Waals surface area (Å²) in [6, 6.07) is 8.52. The number of hydrogen-bond donors (Lipinski definition) is 1. The van der Waals surface area contributed by atoms with Crippen molar-refractivity contribution in [3.8, 4) is 0 Å². The number of fused-ring (bicyclic) bond motifs is 1. The third-order valence-corrected chi connectivity index (χ3v) is 5.12. The van der Waals surface area contributed by atoms with Crippen LogP contribution in [0.3, 0.4) is 0 Å². The normalized spacial score (nSPS) is 18.5. The van der Waals surface area contributed by atoms with Crippen molar-refractivity contribution >= 4 is 10.0 Å². The highest BCUT2D eigenvalue weighted by atomic mass is 32.2. The van der Waals surface area contributed by atoms with Crippen LogP contribution < -0.4 is 4.72 Å². The summed E-state index contributed by atoms with van der Waals surface area (Å²) in [5.41, 5.74) is 4.98. The lowest BCUT2D eigenvalue weighted by atomic mass is 10.0. The molecule has 130 valence electrons. The molecule has 1 aromatic heterocycles. The SMILES string of the molecule is Cc1ccc(C)c(CN2Cc3ccnn3[C@H](CNS(C)(=O)=O)C2)c1. The van der Waals surface area contributed by atoms with E-state index in [1.165, 1.54) is 22.9 Å². The van der Waals surface area contributed by atoms with Crippen molar-refractivity contribution in [1.82, 2.24) is 19.4 Å². The highest BCUT2D eigenvalue weighted by molar-refractivity contribution is 7.88. The third kappa shape index (κ3) is 4.03. The van der Waals surface area contributed by atoms with Gasteiger partial charge >= 0.3 is 0 Å². The maximum absolute atomic E-state index is 11.4. The van der Waals surface area contributed by atoms with Gasteiger partial charge in [-0.15, -0.1) is 0 Å². The molecule has 0 aliphatic carbocycles. The van der Waals surface area contributed by atoms with Crippen LogP contribution in [0.1, 0.15) is 28.4 Å². The Kier molecular flexibility index (Phi) is 4.76. The molecule has 0 bridgehead atoms. The van der Waals surface area contributed by atoms with Crippen molar-refractivity contribution in [3.63, 3.8) is 0 Å². The Morgan fingerprint density at radius 2 is 2.08 bits per heavy atom. The first kappa shape index (κ1) is 17.1. The molecule has 2 aromatic rings. The molecule has 0 fully saturated rings. The van der Waals surface area contributed by atoms with Crippen LogP contribution >= 0.6 is 0 Å². The van der Waals surface area contributed by atoms with E-state index in [0.29, 0.717) is 6.54 Å². The maximum Gasteiger partial charge on any atom is 0.208 e. The van der Waals surface area contributed by atoms with E-state index in [-0.39, 0.29) is 6.04 Å². The molecule has 0 unspecified atom stereocenters. The second kappa shape index (κ2) is 6.66. The Hall–Kier alpha value is -1.70. The van der Waals surface area contributed by atoms with E-state index in [9.17, 15) is 8.42 Å². The molecule has 7 heteroatoms. The summed E-state index contributed by atoms with van der Waals surface area (Å²) in [5.74, 6) is 0. The first-order chi connectivity index (χ1) is 11.3. The molecule has 0 radical (unpaired) electrons. The molecule has 6 nitrogen and oxygen atoms in total. The number of nitrogens with one attached hydrogen (secondary N) is 1. The summed E-state index contributed by atoms with van der Waals surface area (Å²) in [6.07, 6.45) is 2.97. The lowest BCUT2D eigenvalue weighted by Gasteiger charge is -2.34. The summed E-state index contributed by atoms with van der Waals surface area (Å²) < 4.78 is 27.4. The van der Waals surface area contributed by atoms with Gasteiger partial charge in [0.1, 0.15) is 0 Å². The van der Waals surface area contributed by atoms with E-state index in [1.54, 1.807) is 6.20 Å². The Balaban J connectivity index is 1.78. The van der Waals surface area contributed by atoms with Gasteiger partial charge in [0.25, 0.3) is 0 Å². The van der Waals surface area contributed by atoms with E-state index in [0.717, 1.165) is 25.3 Å². The Morgan fingerprint density at radius 3 is 2.83 bits per heavy atom. The zero-order valence-corrected chi connectivity index (χ0v) is 15.2. The van der Waals surface area contributed by atoms with Crippen LogP contribution in [-0.4, -0.2) is 42.4 Å². The third-order valence-electron chi connectivity index (χ3n) is 4.43. The zero-order chi connectivity index (χ0) is 17.3. The average molecular weight is 348 g/mol. The summed E-state index contributed by atoms with van der Waals surface area (Å²) in [6.45, 7) is 7.04. The van der Waals surface area contributed by atoms with E-state index in [1.807, 2.05) is 10.7 Å². The zero-order valence-electron chi connectivity index (χ0n) is 14.4. The second-order valence-corrected chi connectivity index (χ2v) is 8.47. The number of sulfonamides is 1. The van der Waals surface area contributed by atoms with Gasteiger partial charge in [-0.05, 0) is 31.0 Å². The molecular weight excluding hydrogens is 324 g/mol. The number of rotatable bonds is 5. The number of hydrogen-bond acceptors (Lipinski definition) is 4. The van der Waals surface area contributed by atoms with Crippen molar-refractivity contribution in [1.29, 1.82) is 0 Å². The van der Waals surface area contributed by atoms with Crippen LogP contribution in [0.4, 0.5) is 0 Å². The van der Waals surface area contributed by atoms with Crippen LogP contribution in [-0.2, 0) is 23.1 Å². The number of benzene rings is 1. The number of nitrogens with zero attached hydrogens (tertiary/aromatic N) is 3. The van der Waals surface area contributed by atoms with Crippen molar-refractivity contribution in [2.24, 2.45) is 0 Å². The van der Waals surface area contributed by atoms with Crippen molar-refractivity contribution in [3.05, 3.63) is 52.8 Å². The predicted molar refractivity (Wildman–Crippen MR) is 94.1 cm³/mol.